The molecule has 1 aliphatic carbocycles. The van der Waals surface area contributed by atoms with Gasteiger partial charge >= 0.3 is 5.97 Å². The smallest absolute Gasteiger partial charge is 0.335 e. The average Bonchev–Trinajstić information content (AvgIpc) is 2.62. The molecule has 1 aliphatic rings. The third-order valence-electron chi connectivity index (χ3n) is 4.33. The molecule has 1 fully saturated rings. The van der Waals surface area contributed by atoms with Crippen molar-refractivity contribution in [2.24, 2.45) is 5.92 Å². The van der Waals surface area contributed by atoms with Gasteiger partial charge in [-0.2, -0.15) is 0 Å². The van der Waals surface area contributed by atoms with E-state index < -0.39 is 0 Å². The van der Waals surface area contributed by atoms with Gasteiger partial charge in [0.2, 0.25) is 0 Å². The van der Waals surface area contributed by atoms with Gasteiger partial charge in [0.05, 0.1) is 0 Å². The Morgan fingerprint density at radius 1 is 0.870 bits per heavy atom. The molecule has 0 heterocycles. The van der Waals surface area contributed by atoms with Gasteiger partial charge in [-0.05, 0) is 42.0 Å². The number of allylic oxidation sites excluding steroid dienone is 1. The third kappa shape index (κ3) is 4.56. The van der Waals surface area contributed by atoms with Crippen LogP contribution in [0, 0.1) is 5.92 Å². The number of carbonyl (C=O) groups excluding carboxylic acids is 1. The predicted octanol–water partition coefficient (Wildman–Crippen LogP) is 5.40. The zero-order chi connectivity index (χ0) is 15.9. The molecule has 0 saturated heterocycles. The Morgan fingerprint density at radius 3 is 2.22 bits per heavy atom. The van der Waals surface area contributed by atoms with Gasteiger partial charge in [-0.1, -0.05) is 67.8 Å². The maximum Gasteiger partial charge on any atom is 0.335 e. The molecule has 0 atom stereocenters. The summed E-state index contributed by atoms with van der Waals surface area (Å²) >= 11 is 0. The molecule has 1 saturated carbocycles. The number of hydrogen-bond acceptors (Lipinski definition) is 2. The Hall–Kier alpha value is -2.35. The zero-order valence-corrected chi connectivity index (χ0v) is 13.3. The van der Waals surface area contributed by atoms with E-state index in [1.54, 1.807) is 6.08 Å². The quantitative estimate of drug-likeness (QED) is 0.430. The fourth-order valence-electron chi connectivity index (χ4n) is 3.04. The van der Waals surface area contributed by atoms with Crippen molar-refractivity contribution >= 4 is 5.97 Å². The van der Waals surface area contributed by atoms with Crippen molar-refractivity contribution in [2.75, 3.05) is 0 Å². The number of ether oxygens (including phenoxy) is 1. The highest BCUT2D eigenvalue weighted by molar-refractivity contribution is 5.84. The molecule has 2 nitrogen and oxygen atoms in total. The van der Waals surface area contributed by atoms with E-state index in [1.807, 2.05) is 48.5 Å². The van der Waals surface area contributed by atoms with Gasteiger partial charge in [0.25, 0.3) is 0 Å². The zero-order valence-electron chi connectivity index (χ0n) is 13.3. The van der Waals surface area contributed by atoms with Crippen LogP contribution in [0.2, 0.25) is 0 Å². The number of esters is 1. The van der Waals surface area contributed by atoms with Crippen molar-refractivity contribution in [1.82, 2.24) is 0 Å². The molecule has 0 unspecified atom stereocenters. The van der Waals surface area contributed by atoms with E-state index in [2.05, 4.69) is 12.1 Å². The lowest BCUT2D eigenvalue weighted by Crippen LogP contribution is -2.07. The molecule has 0 radical (unpaired) electrons. The molecule has 0 amide bonds. The van der Waals surface area contributed by atoms with Crippen LogP contribution >= 0.6 is 0 Å². The first-order chi connectivity index (χ1) is 11.3. The van der Waals surface area contributed by atoms with E-state index in [0.717, 1.165) is 11.1 Å². The third-order valence-corrected chi connectivity index (χ3v) is 4.33. The van der Waals surface area contributed by atoms with E-state index >= 15 is 0 Å². The second-order valence-corrected chi connectivity index (χ2v) is 6.07. The van der Waals surface area contributed by atoms with Crippen LogP contribution in [0.1, 0.15) is 32.1 Å². The predicted molar refractivity (Wildman–Crippen MR) is 93.2 cm³/mol. The summed E-state index contributed by atoms with van der Waals surface area (Å²) in [5.74, 6) is 0.836. The van der Waals surface area contributed by atoms with E-state index in [1.165, 1.54) is 32.1 Å². The summed E-state index contributed by atoms with van der Waals surface area (Å²) in [6.07, 6.45) is 9.84. The van der Waals surface area contributed by atoms with Crippen LogP contribution in [0.15, 0.2) is 66.7 Å². The Morgan fingerprint density at radius 2 is 1.52 bits per heavy atom. The van der Waals surface area contributed by atoms with Crippen LogP contribution < -0.4 is 4.74 Å². The monoisotopic (exact) mass is 306 g/mol. The number of hydrogen-bond donors (Lipinski definition) is 0. The molecular formula is C21H22O2. The standard InChI is InChI=1S/C21H22O2/c22-21(16-11-17-7-3-1-4-8-17)23-20-14-12-19(13-15-20)18-9-5-2-6-10-18/h2,5-6,9-17H,1,3-4,7-8H2. The Balaban J connectivity index is 1.57. The van der Waals surface area contributed by atoms with Gasteiger partial charge in [0.15, 0.2) is 0 Å². The molecular weight excluding hydrogens is 284 g/mol. The molecule has 23 heavy (non-hydrogen) atoms. The van der Waals surface area contributed by atoms with Gasteiger partial charge in [0, 0.05) is 6.08 Å². The van der Waals surface area contributed by atoms with Crippen molar-refractivity contribution in [3.8, 4) is 16.9 Å². The van der Waals surface area contributed by atoms with Gasteiger partial charge in [-0.15, -0.1) is 0 Å². The maximum atomic E-state index is 11.9. The Bertz CT molecular complexity index is 650. The summed E-state index contributed by atoms with van der Waals surface area (Å²) in [5, 5.41) is 0. The SMILES string of the molecule is O=C(C=CC1CCCCC1)Oc1ccc(-c2ccccc2)cc1. The first-order valence-electron chi connectivity index (χ1n) is 8.37. The molecule has 3 rings (SSSR count). The molecule has 0 bridgehead atoms. The van der Waals surface area contributed by atoms with Crippen molar-refractivity contribution < 1.29 is 9.53 Å². The molecule has 2 aromatic rings. The summed E-state index contributed by atoms with van der Waals surface area (Å²) < 4.78 is 5.37. The summed E-state index contributed by atoms with van der Waals surface area (Å²) in [6.45, 7) is 0. The second-order valence-electron chi connectivity index (χ2n) is 6.07. The lowest BCUT2D eigenvalue weighted by Gasteiger charge is -2.17. The van der Waals surface area contributed by atoms with Crippen molar-refractivity contribution in [3.05, 3.63) is 66.7 Å². The topological polar surface area (TPSA) is 26.3 Å². The van der Waals surface area contributed by atoms with Crippen LogP contribution in [-0.4, -0.2) is 5.97 Å². The summed E-state index contributed by atoms with van der Waals surface area (Å²) in [6, 6.07) is 17.8. The van der Waals surface area contributed by atoms with Gasteiger partial charge in [-0.25, -0.2) is 4.79 Å². The lowest BCUT2D eigenvalue weighted by molar-refractivity contribution is -0.129. The minimum Gasteiger partial charge on any atom is -0.423 e. The first-order valence-corrected chi connectivity index (χ1v) is 8.37. The minimum absolute atomic E-state index is 0.289. The molecule has 0 aliphatic heterocycles. The molecule has 2 heteroatoms. The van der Waals surface area contributed by atoms with E-state index in [4.69, 9.17) is 4.74 Å². The van der Waals surface area contributed by atoms with Crippen LogP contribution in [0.25, 0.3) is 11.1 Å². The molecule has 0 N–H and O–H groups in total. The molecule has 2 aromatic carbocycles. The van der Waals surface area contributed by atoms with E-state index in [9.17, 15) is 4.79 Å². The van der Waals surface area contributed by atoms with Gasteiger partial charge in [-0.3, -0.25) is 0 Å². The average molecular weight is 306 g/mol. The largest absolute Gasteiger partial charge is 0.423 e. The maximum absolute atomic E-state index is 11.9. The van der Waals surface area contributed by atoms with Crippen molar-refractivity contribution in [1.29, 1.82) is 0 Å². The highest BCUT2D eigenvalue weighted by Gasteiger charge is 2.10. The Kier molecular flexibility index (Phi) is 5.25. The Labute approximate surface area is 137 Å². The molecule has 0 spiro atoms. The fourth-order valence-corrected chi connectivity index (χ4v) is 3.04. The highest BCUT2D eigenvalue weighted by atomic mass is 16.5. The number of benzene rings is 2. The summed E-state index contributed by atoms with van der Waals surface area (Å²) in [7, 11) is 0. The molecule has 118 valence electrons. The number of carbonyl (C=O) groups is 1. The van der Waals surface area contributed by atoms with Crippen LogP contribution in [0.4, 0.5) is 0 Å². The number of rotatable bonds is 4. The van der Waals surface area contributed by atoms with Crippen LogP contribution in [-0.2, 0) is 4.79 Å². The second kappa shape index (κ2) is 7.77. The normalized spacial score (nSPS) is 15.7. The lowest BCUT2D eigenvalue weighted by atomic mass is 9.89. The van der Waals surface area contributed by atoms with E-state index in [-0.39, 0.29) is 5.97 Å². The van der Waals surface area contributed by atoms with Crippen molar-refractivity contribution in [3.63, 3.8) is 0 Å². The summed E-state index contributed by atoms with van der Waals surface area (Å²) in [5.41, 5.74) is 2.27. The van der Waals surface area contributed by atoms with Crippen LogP contribution in [0.3, 0.4) is 0 Å². The van der Waals surface area contributed by atoms with E-state index in [0.29, 0.717) is 11.7 Å². The summed E-state index contributed by atoms with van der Waals surface area (Å²) in [4.78, 5) is 11.9. The first kappa shape index (κ1) is 15.5. The van der Waals surface area contributed by atoms with Crippen molar-refractivity contribution in [2.45, 2.75) is 32.1 Å². The minimum atomic E-state index is -0.289. The van der Waals surface area contributed by atoms with Crippen LogP contribution in [0.5, 0.6) is 5.75 Å². The van der Waals surface area contributed by atoms with Gasteiger partial charge < -0.3 is 4.74 Å². The molecule has 0 aromatic heterocycles. The highest BCUT2D eigenvalue weighted by Crippen LogP contribution is 2.25. The van der Waals surface area contributed by atoms with Gasteiger partial charge in [0.1, 0.15) is 5.75 Å². The fraction of sp³-hybridized carbons (Fsp3) is 0.286.